The van der Waals surface area contributed by atoms with Crippen LogP contribution in [0.5, 0.6) is 0 Å². The van der Waals surface area contributed by atoms with Crippen molar-refractivity contribution in [1.82, 2.24) is 9.80 Å². The van der Waals surface area contributed by atoms with Crippen LogP contribution in [0.25, 0.3) is 0 Å². The Balaban J connectivity index is 1.82. The van der Waals surface area contributed by atoms with Gasteiger partial charge < -0.3 is 5.73 Å². The summed E-state index contributed by atoms with van der Waals surface area (Å²) in [5, 5.41) is 0. The van der Waals surface area contributed by atoms with Crippen molar-refractivity contribution in [2.24, 2.45) is 5.73 Å². The normalized spacial score (nSPS) is 35.2. The van der Waals surface area contributed by atoms with E-state index in [9.17, 15) is 0 Å². The fourth-order valence-corrected chi connectivity index (χ4v) is 3.01. The molecule has 1 aliphatic carbocycles. The third kappa shape index (κ3) is 2.52. The Morgan fingerprint density at radius 2 is 1.73 bits per heavy atom. The third-order valence-electron chi connectivity index (χ3n) is 4.08. The molecule has 0 amide bonds. The summed E-state index contributed by atoms with van der Waals surface area (Å²) >= 11 is 0. The lowest BCUT2D eigenvalue weighted by atomic mass is 10.1. The first kappa shape index (κ1) is 11.4. The molecule has 0 bridgehead atoms. The third-order valence-corrected chi connectivity index (χ3v) is 4.08. The minimum Gasteiger partial charge on any atom is -0.326 e. The zero-order valence-electron chi connectivity index (χ0n) is 10.2. The lowest BCUT2D eigenvalue weighted by molar-refractivity contribution is 0.0750. The van der Waals surface area contributed by atoms with Crippen LogP contribution in [0.15, 0.2) is 0 Å². The van der Waals surface area contributed by atoms with E-state index in [4.69, 9.17) is 5.73 Å². The molecule has 2 fully saturated rings. The Hall–Kier alpha value is -0.120. The molecule has 0 aromatic heterocycles. The van der Waals surface area contributed by atoms with Crippen molar-refractivity contribution in [3.05, 3.63) is 0 Å². The summed E-state index contributed by atoms with van der Waals surface area (Å²) < 4.78 is 0. The van der Waals surface area contributed by atoms with Gasteiger partial charge in [0.1, 0.15) is 0 Å². The maximum Gasteiger partial charge on any atom is 0.0248 e. The maximum absolute atomic E-state index is 6.15. The van der Waals surface area contributed by atoms with Crippen LogP contribution in [-0.2, 0) is 0 Å². The van der Waals surface area contributed by atoms with Gasteiger partial charge in [0, 0.05) is 44.3 Å². The Morgan fingerprint density at radius 3 is 2.20 bits per heavy atom. The molecule has 2 N–H and O–H groups in total. The van der Waals surface area contributed by atoms with Crippen molar-refractivity contribution < 1.29 is 0 Å². The van der Waals surface area contributed by atoms with Crippen LogP contribution >= 0.6 is 0 Å². The number of hydrogen-bond acceptors (Lipinski definition) is 3. The SMILES string of the molecule is CC(C)N1CCN(C2CCC[C@@H]2N)CC1. The summed E-state index contributed by atoms with van der Waals surface area (Å²) in [6.45, 7) is 9.46. The van der Waals surface area contributed by atoms with Crippen LogP contribution in [0.2, 0.25) is 0 Å². The smallest absolute Gasteiger partial charge is 0.0248 e. The molecule has 3 heteroatoms. The van der Waals surface area contributed by atoms with Gasteiger partial charge in [0.2, 0.25) is 0 Å². The second kappa shape index (κ2) is 4.81. The van der Waals surface area contributed by atoms with Gasteiger partial charge in [-0.3, -0.25) is 9.80 Å². The Morgan fingerprint density at radius 1 is 1.07 bits per heavy atom. The monoisotopic (exact) mass is 211 g/mol. The largest absolute Gasteiger partial charge is 0.326 e. The maximum atomic E-state index is 6.15. The number of nitrogens with two attached hydrogens (primary N) is 1. The molecule has 2 atom stereocenters. The molecule has 1 saturated carbocycles. The van der Waals surface area contributed by atoms with E-state index >= 15 is 0 Å². The zero-order chi connectivity index (χ0) is 10.8. The molecule has 1 unspecified atom stereocenters. The van der Waals surface area contributed by atoms with E-state index in [2.05, 4.69) is 23.6 Å². The predicted molar refractivity (Wildman–Crippen MR) is 63.9 cm³/mol. The van der Waals surface area contributed by atoms with Crippen LogP contribution < -0.4 is 5.73 Å². The highest BCUT2D eigenvalue weighted by Crippen LogP contribution is 2.23. The van der Waals surface area contributed by atoms with Crippen LogP contribution in [0.4, 0.5) is 0 Å². The van der Waals surface area contributed by atoms with E-state index in [0.717, 1.165) is 0 Å². The Kier molecular flexibility index (Phi) is 3.65. The fraction of sp³-hybridized carbons (Fsp3) is 1.00. The molecule has 0 spiro atoms. The molecule has 0 aromatic rings. The van der Waals surface area contributed by atoms with E-state index < -0.39 is 0 Å². The van der Waals surface area contributed by atoms with Crippen molar-refractivity contribution >= 4 is 0 Å². The first-order valence-electron chi connectivity index (χ1n) is 6.42. The molecule has 0 radical (unpaired) electrons. The number of rotatable bonds is 2. The van der Waals surface area contributed by atoms with Crippen LogP contribution in [0.3, 0.4) is 0 Å². The molecular weight excluding hydrogens is 186 g/mol. The molecule has 88 valence electrons. The molecule has 2 aliphatic rings. The average molecular weight is 211 g/mol. The summed E-state index contributed by atoms with van der Waals surface area (Å²) in [5.41, 5.74) is 6.15. The van der Waals surface area contributed by atoms with Gasteiger partial charge in [-0.05, 0) is 26.7 Å². The lowest BCUT2D eigenvalue weighted by Gasteiger charge is -2.40. The quantitative estimate of drug-likeness (QED) is 0.736. The first-order valence-corrected chi connectivity index (χ1v) is 6.42. The highest BCUT2D eigenvalue weighted by molar-refractivity contribution is 4.90. The first-order chi connectivity index (χ1) is 7.18. The van der Waals surface area contributed by atoms with E-state index in [0.29, 0.717) is 18.1 Å². The van der Waals surface area contributed by atoms with Gasteiger partial charge in [0.05, 0.1) is 0 Å². The van der Waals surface area contributed by atoms with Gasteiger partial charge in [-0.15, -0.1) is 0 Å². The van der Waals surface area contributed by atoms with Crippen molar-refractivity contribution in [1.29, 1.82) is 0 Å². The number of nitrogens with zero attached hydrogens (tertiary/aromatic N) is 2. The highest BCUT2D eigenvalue weighted by atomic mass is 15.3. The molecule has 1 aliphatic heterocycles. The average Bonchev–Trinajstić information content (AvgIpc) is 2.65. The summed E-state index contributed by atoms with van der Waals surface area (Å²) in [7, 11) is 0. The van der Waals surface area contributed by atoms with Gasteiger partial charge in [-0.1, -0.05) is 6.42 Å². The summed E-state index contributed by atoms with van der Waals surface area (Å²) in [4.78, 5) is 5.19. The number of piperazine rings is 1. The van der Waals surface area contributed by atoms with Crippen LogP contribution in [-0.4, -0.2) is 54.1 Å². The van der Waals surface area contributed by atoms with E-state index in [1.54, 1.807) is 0 Å². The van der Waals surface area contributed by atoms with Crippen LogP contribution in [0.1, 0.15) is 33.1 Å². The van der Waals surface area contributed by atoms with Gasteiger partial charge >= 0.3 is 0 Å². The Bertz CT molecular complexity index is 197. The van der Waals surface area contributed by atoms with Gasteiger partial charge in [-0.2, -0.15) is 0 Å². The summed E-state index contributed by atoms with van der Waals surface area (Å²) in [6, 6.07) is 1.82. The lowest BCUT2D eigenvalue weighted by Crippen LogP contribution is -2.55. The highest BCUT2D eigenvalue weighted by Gasteiger charge is 2.31. The summed E-state index contributed by atoms with van der Waals surface area (Å²) in [6.07, 6.45) is 3.88. The van der Waals surface area contributed by atoms with E-state index in [1.807, 2.05) is 0 Å². The standard InChI is InChI=1S/C12H25N3/c1-10(2)14-6-8-15(9-7-14)12-5-3-4-11(12)13/h10-12H,3-9,13H2,1-2H3/t11-,12?/m0/s1. The molecule has 1 heterocycles. The van der Waals surface area contributed by atoms with E-state index in [1.165, 1.54) is 45.4 Å². The number of hydrogen-bond donors (Lipinski definition) is 1. The van der Waals surface area contributed by atoms with Gasteiger partial charge in [-0.25, -0.2) is 0 Å². The fourth-order valence-electron chi connectivity index (χ4n) is 3.01. The minimum atomic E-state index is 0.440. The topological polar surface area (TPSA) is 32.5 Å². The van der Waals surface area contributed by atoms with Crippen LogP contribution in [0, 0.1) is 0 Å². The van der Waals surface area contributed by atoms with Crippen molar-refractivity contribution in [2.75, 3.05) is 26.2 Å². The van der Waals surface area contributed by atoms with Crippen molar-refractivity contribution in [3.63, 3.8) is 0 Å². The van der Waals surface area contributed by atoms with Gasteiger partial charge in [0.15, 0.2) is 0 Å². The molecular formula is C12H25N3. The summed E-state index contributed by atoms with van der Waals surface area (Å²) in [5.74, 6) is 0. The zero-order valence-corrected chi connectivity index (χ0v) is 10.2. The van der Waals surface area contributed by atoms with Gasteiger partial charge in [0.25, 0.3) is 0 Å². The Labute approximate surface area is 93.6 Å². The second-order valence-electron chi connectivity index (χ2n) is 5.33. The molecule has 1 saturated heterocycles. The molecule has 2 rings (SSSR count). The predicted octanol–water partition coefficient (Wildman–Crippen LogP) is 0.892. The van der Waals surface area contributed by atoms with Crippen molar-refractivity contribution in [2.45, 2.75) is 51.2 Å². The molecule has 15 heavy (non-hydrogen) atoms. The van der Waals surface area contributed by atoms with Crippen molar-refractivity contribution in [3.8, 4) is 0 Å². The minimum absolute atomic E-state index is 0.440. The van der Waals surface area contributed by atoms with E-state index in [-0.39, 0.29) is 0 Å². The molecule has 0 aromatic carbocycles. The second-order valence-corrected chi connectivity index (χ2v) is 5.33. The molecule has 3 nitrogen and oxygen atoms in total.